The summed E-state index contributed by atoms with van der Waals surface area (Å²) in [5.41, 5.74) is 2.24. The quantitative estimate of drug-likeness (QED) is 0.249. The minimum Gasteiger partial charge on any atom is -0.478 e. The van der Waals surface area contributed by atoms with Gasteiger partial charge >= 0.3 is 5.97 Å². The van der Waals surface area contributed by atoms with Crippen LogP contribution >= 0.6 is 11.8 Å². The average molecular weight is 501 g/mol. The van der Waals surface area contributed by atoms with Gasteiger partial charge in [-0.05, 0) is 72.3 Å². The zero-order valence-corrected chi connectivity index (χ0v) is 19.7. The molecule has 3 N–H and O–H groups in total. The molecular formula is C28H21FN2O4S. The van der Waals surface area contributed by atoms with Gasteiger partial charge in [0.15, 0.2) is 0 Å². The first kappa shape index (κ1) is 24.7. The first-order chi connectivity index (χ1) is 17.4. The van der Waals surface area contributed by atoms with E-state index in [1.807, 2.05) is 36.4 Å². The van der Waals surface area contributed by atoms with Crippen molar-refractivity contribution in [2.75, 3.05) is 10.6 Å². The van der Waals surface area contributed by atoms with Gasteiger partial charge < -0.3 is 15.7 Å². The SMILES string of the molecule is O=C(O)c1ccc(NC(=O)C(Sc2cccc(NC(=O)c3ccc(F)cc3)c2)c2ccccc2)cc1. The van der Waals surface area contributed by atoms with Crippen molar-refractivity contribution in [1.29, 1.82) is 0 Å². The first-order valence-electron chi connectivity index (χ1n) is 10.9. The van der Waals surface area contributed by atoms with E-state index in [2.05, 4.69) is 10.6 Å². The lowest BCUT2D eigenvalue weighted by atomic mass is 10.1. The van der Waals surface area contributed by atoms with Crippen LogP contribution in [0.4, 0.5) is 15.8 Å². The van der Waals surface area contributed by atoms with Gasteiger partial charge in [-0.15, -0.1) is 11.8 Å². The van der Waals surface area contributed by atoms with Gasteiger partial charge in [-0.3, -0.25) is 9.59 Å². The molecule has 1 unspecified atom stereocenters. The highest BCUT2D eigenvalue weighted by Gasteiger charge is 2.22. The van der Waals surface area contributed by atoms with E-state index in [0.717, 1.165) is 10.5 Å². The van der Waals surface area contributed by atoms with Crippen molar-refractivity contribution in [2.45, 2.75) is 10.1 Å². The second kappa shape index (κ2) is 11.3. The minimum atomic E-state index is -1.04. The van der Waals surface area contributed by atoms with E-state index in [1.54, 1.807) is 30.3 Å². The number of anilines is 2. The Morgan fingerprint density at radius 2 is 1.39 bits per heavy atom. The zero-order chi connectivity index (χ0) is 25.5. The number of thioether (sulfide) groups is 1. The molecule has 0 saturated heterocycles. The number of benzene rings is 4. The molecule has 4 aromatic rings. The molecule has 0 saturated carbocycles. The van der Waals surface area contributed by atoms with Crippen LogP contribution in [0.3, 0.4) is 0 Å². The molecule has 180 valence electrons. The molecule has 0 radical (unpaired) electrons. The van der Waals surface area contributed by atoms with Gasteiger partial charge in [-0.1, -0.05) is 36.4 Å². The maximum atomic E-state index is 13.3. The van der Waals surface area contributed by atoms with Gasteiger partial charge in [-0.25, -0.2) is 9.18 Å². The minimum absolute atomic E-state index is 0.126. The summed E-state index contributed by atoms with van der Waals surface area (Å²) in [6, 6.07) is 27.5. The molecule has 4 rings (SSSR count). The summed E-state index contributed by atoms with van der Waals surface area (Å²) in [4.78, 5) is 37.6. The molecule has 0 bridgehead atoms. The molecule has 36 heavy (non-hydrogen) atoms. The van der Waals surface area contributed by atoms with Gasteiger partial charge in [0.2, 0.25) is 5.91 Å². The van der Waals surface area contributed by atoms with Crippen LogP contribution in [0.15, 0.2) is 108 Å². The number of halogens is 1. The maximum absolute atomic E-state index is 13.3. The zero-order valence-electron chi connectivity index (χ0n) is 18.9. The second-order valence-corrected chi connectivity index (χ2v) is 8.95. The van der Waals surface area contributed by atoms with Crippen LogP contribution in [0.1, 0.15) is 31.5 Å². The van der Waals surface area contributed by atoms with Crippen LogP contribution in [-0.2, 0) is 4.79 Å². The second-order valence-electron chi connectivity index (χ2n) is 7.77. The van der Waals surface area contributed by atoms with Gasteiger partial charge in [0, 0.05) is 21.8 Å². The Bertz CT molecular complexity index is 1380. The van der Waals surface area contributed by atoms with Crippen molar-refractivity contribution in [2.24, 2.45) is 0 Å². The predicted octanol–water partition coefficient (Wildman–Crippen LogP) is 6.25. The van der Waals surface area contributed by atoms with Crippen molar-refractivity contribution in [3.63, 3.8) is 0 Å². The average Bonchev–Trinajstić information content (AvgIpc) is 2.88. The molecule has 8 heteroatoms. The van der Waals surface area contributed by atoms with E-state index < -0.39 is 17.0 Å². The smallest absolute Gasteiger partial charge is 0.335 e. The largest absolute Gasteiger partial charge is 0.478 e. The topological polar surface area (TPSA) is 95.5 Å². The molecule has 0 spiro atoms. The van der Waals surface area contributed by atoms with E-state index in [9.17, 15) is 18.8 Å². The van der Waals surface area contributed by atoms with E-state index in [1.165, 1.54) is 48.2 Å². The summed E-state index contributed by atoms with van der Waals surface area (Å²) in [5.74, 6) is -2.13. The van der Waals surface area contributed by atoms with Gasteiger partial charge in [0.1, 0.15) is 11.1 Å². The van der Waals surface area contributed by atoms with Crippen molar-refractivity contribution < 1.29 is 23.9 Å². The fraction of sp³-hybridized carbons (Fsp3) is 0.0357. The number of rotatable bonds is 8. The Kier molecular flexibility index (Phi) is 7.77. The number of nitrogens with one attached hydrogen (secondary N) is 2. The van der Waals surface area contributed by atoms with E-state index in [0.29, 0.717) is 16.9 Å². The fourth-order valence-corrected chi connectivity index (χ4v) is 4.48. The van der Waals surface area contributed by atoms with Gasteiger partial charge in [-0.2, -0.15) is 0 Å². The summed E-state index contributed by atoms with van der Waals surface area (Å²) in [6.45, 7) is 0. The van der Waals surface area contributed by atoms with Gasteiger partial charge in [0.05, 0.1) is 5.56 Å². The Hall–Kier alpha value is -4.43. The first-order valence-corrected chi connectivity index (χ1v) is 11.8. The molecule has 6 nitrogen and oxygen atoms in total. The van der Waals surface area contributed by atoms with Gasteiger partial charge in [0.25, 0.3) is 5.91 Å². The third-order valence-electron chi connectivity index (χ3n) is 5.19. The number of carboxylic acid groups (broad SMARTS) is 1. The lowest BCUT2D eigenvalue weighted by molar-refractivity contribution is -0.115. The molecule has 0 aromatic heterocycles. The standard InChI is InChI=1S/C28H21FN2O4S/c29-21-13-9-19(10-14-21)26(32)31-23-7-4-8-24(17-23)36-25(18-5-2-1-3-6-18)27(33)30-22-15-11-20(12-16-22)28(34)35/h1-17,25H,(H,30,33)(H,31,32)(H,34,35). The number of carbonyl (C=O) groups is 3. The van der Waals surface area contributed by atoms with Crippen molar-refractivity contribution >= 4 is 40.9 Å². The summed E-state index contributed by atoms with van der Waals surface area (Å²) < 4.78 is 13.2. The predicted molar refractivity (Wildman–Crippen MR) is 138 cm³/mol. The molecule has 1 atom stereocenters. The number of aromatic carboxylic acids is 1. The van der Waals surface area contributed by atoms with Crippen molar-refractivity contribution in [3.8, 4) is 0 Å². The summed E-state index contributed by atoms with van der Waals surface area (Å²) in [7, 11) is 0. The van der Waals surface area contributed by atoms with E-state index in [4.69, 9.17) is 5.11 Å². The van der Waals surface area contributed by atoms with Crippen LogP contribution in [-0.4, -0.2) is 22.9 Å². The number of amides is 2. The molecule has 0 aliphatic rings. The van der Waals surface area contributed by atoms with Crippen LogP contribution < -0.4 is 10.6 Å². The van der Waals surface area contributed by atoms with E-state index in [-0.39, 0.29) is 17.4 Å². The summed E-state index contributed by atoms with van der Waals surface area (Å²) >= 11 is 1.31. The van der Waals surface area contributed by atoms with Crippen molar-refractivity contribution in [1.82, 2.24) is 0 Å². The molecule has 4 aromatic carbocycles. The monoisotopic (exact) mass is 500 g/mol. The lowest BCUT2D eigenvalue weighted by Crippen LogP contribution is -2.19. The maximum Gasteiger partial charge on any atom is 0.335 e. The molecular weight excluding hydrogens is 479 g/mol. The van der Waals surface area contributed by atoms with E-state index >= 15 is 0 Å². The Balaban J connectivity index is 1.52. The van der Waals surface area contributed by atoms with Crippen LogP contribution in [0, 0.1) is 5.82 Å². The highest BCUT2D eigenvalue weighted by Crippen LogP contribution is 2.37. The number of hydrogen-bond donors (Lipinski definition) is 3. The highest BCUT2D eigenvalue weighted by molar-refractivity contribution is 8.00. The highest BCUT2D eigenvalue weighted by atomic mass is 32.2. The number of hydrogen-bond acceptors (Lipinski definition) is 4. The number of carbonyl (C=O) groups excluding carboxylic acids is 2. The molecule has 0 fully saturated rings. The third kappa shape index (κ3) is 6.37. The molecule has 2 amide bonds. The summed E-state index contributed by atoms with van der Waals surface area (Å²) in [5, 5.41) is 14.1. The number of carboxylic acids is 1. The molecule has 0 aliphatic heterocycles. The lowest BCUT2D eigenvalue weighted by Gasteiger charge is -2.18. The van der Waals surface area contributed by atoms with Crippen molar-refractivity contribution in [3.05, 3.63) is 126 Å². The fourth-order valence-electron chi connectivity index (χ4n) is 3.39. The summed E-state index contributed by atoms with van der Waals surface area (Å²) in [6.07, 6.45) is 0. The normalized spacial score (nSPS) is 11.4. The Morgan fingerprint density at radius 1 is 0.722 bits per heavy atom. The van der Waals surface area contributed by atoms with Crippen LogP contribution in [0.2, 0.25) is 0 Å². The van der Waals surface area contributed by atoms with Crippen LogP contribution in [0.25, 0.3) is 0 Å². The third-order valence-corrected chi connectivity index (χ3v) is 6.44. The van der Waals surface area contributed by atoms with Crippen LogP contribution in [0.5, 0.6) is 0 Å². The molecule has 0 aliphatic carbocycles. The Morgan fingerprint density at radius 3 is 2.06 bits per heavy atom. The molecule has 0 heterocycles. The Labute approximate surface area is 211 Å².